The van der Waals surface area contributed by atoms with Crippen LogP contribution in [0.3, 0.4) is 0 Å². The Morgan fingerprint density at radius 3 is 2.88 bits per heavy atom. The summed E-state index contributed by atoms with van der Waals surface area (Å²) in [5, 5.41) is 6.40. The third kappa shape index (κ3) is 3.78. The van der Waals surface area contributed by atoms with Crippen LogP contribution in [0.15, 0.2) is 35.6 Å². The molecule has 1 saturated heterocycles. The van der Waals surface area contributed by atoms with Gasteiger partial charge in [-0.15, -0.1) is 0 Å². The van der Waals surface area contributed by atoms with E-state index in [4.69, 9.17) is 9.73 Å². The lowest BCUT2D eigenvalue weighted by Crippen LogP contribution is -2.42. The van der Waals surface area contributed by atoms with Crippen molar-refractivity contribution in [2.24, 2.45) is 4.99 Å². The summed E-state index contributed by atoms with van der Waals surface area (Å²) in [6.07, 6.45) is 4.73. The van der Waals surface area contributed by atoms with E-state index < -0.39 is 0 Å². The van der Waals surface area contributed by atoms with Crippen molar-refractivity contribution in [2.75, 3.05) is 38.3 Å². The second-order valence-corrected chi connectivity index (χ2v) is 9.11. The zero-order chi connectivity index (χ0) is 22.1. The number of hydrogen-bond donors (Lipinski definition) is 2. The van der Waals surface area contributed by atoms with Crippen LogP contribution < -0.4 is 15.5 Å². The third-order valence-electron chi connectivity index (χ3n) is 6.81. The first-order valence-corrected chi connectivity index (χ1v) is 11.4. The first-order chi connectivity index (χ1) is 15.6. The van der Waals surface area contributed by atoms with Crippen molar-refractivity contribution in [3.05, 3.63) is 41.9 Å². The first-order valence-electron chi connectivity index (χ1n) is 11.4. The number of aromatic nitrogens is 2. The number of ether oxygens (including phenoxy) is 1. The zero-order valence-electron chi connectivity index (χ0n) is 18.7. The number of para-hydroxylation sites is 1. The number of amides is 1. The van der Waals surface area contributed by atoms with Gasteiger partial charge in [-0.25, -0.2) is 15.0 Å². The lowest BCUT2D eigenvalue weighted by Gasteiger charge is -2.26. The number of carbonyl (C=O) groups excluding carboxylic acids is 1. The maximum atomic E-state index is 12.9. The molecule has 0 saturated carbocycles. The van der Waals surface area contributed by atoms with Crippen LogP contribution in [-0.4, -0.2) is 61.0 Å². The van der Waals surface area contributed by atoms with E-state index in [0.29, 0.717) is 25.3 Å². The van der Waals surface area contributed by atoms with Gasteiger partial charge in [-0.3, -0.25) is 4.79 Å². The van der Waals surface area contributed by atoms with Gasteiger partial charge in [0.25, 0.3) is 5.91 Å². The molecule has 8 nitrogen and oxygen atoms in total. The van der Waals surface area contributed by atoms with Crippen molar-refractivity contribution in [2.45, 2.75) is 44.1 Å². The van der Waals surface area contributed by atoms with Crippen molar-refractivity contribution < 1.29 is 9.53 Å². The van der Waals surface area contributed by atoms with E-state index in [1.165, 1.54) is 5.56 Å². The van der Waals surface area contributed by atoms with Gasteiger partial charge in [0.15, 0.2) is 5.82 Å². The molecule has 1 unspecified atom stereocenters. The second-order valence-electron chi connectivity index (χ2n) is 9.11. The predicted molar refractivity (Wildman–Crippen MR) is 124 cm³/mol. The Labute approximate surface area is 188 Å². The molecule has 4 heterocycles. The molecule has 0 spiro atoms. The standard InChI is InChI=1S/C24H30N6O2/c1-24(9-10-25-2)14-30(20-6-4-3-5-17(20)24)22-21-18(26-15-27-22)13-19(29-21)23(31)28-16-7-11-32-12-8-16/h3-6,15-16,25H,7-14H2,1-2H3,(H,28,31). The van der Waals surface area contributed by atoms with Gasteiger partial charge >= 0.3 is 0 Å². The summed E-state index contributed by atoms with van der Waals surface area (Å²) in [5.74, 6) is 0.672. The quantitative estimate of drug-likeness (QED) is 0.726. The molecule has 8 heteroatoms. The van der Waals surface area contributed by atoms with Gasteiger partial charge in [0.2, 0.25) is 0 Å². The highest BCUT2D eigenvalue weighted by Gasteiger charge is 2.41. The smallest absolute Gasteiger partial charge is 0.266 e. The van der Waals surface area contributed by atoms with Crippen molar-refractivity contribution >= 4 is 28.8 Å². The largest absolute Gasteiger partial charge is 0.381 e. The van der Waals surface area contributed by atoms with Crippen LogP contribution >= 0.6 is 0 Å². The van der Waals surface area contributed by atoms with Crippen molar-refractivity contribution in [3.8, 4) is 0 Å². The molecule has 0 aliphatic carbocycles. The summed E-state index contributed by atoms with van der Waals surface area (Å²) in [4.78, 5) is 28.9. The minimum atomic E-state index is -0.110. The number of nitrogens with one attached hydrogen (secondary N) is 2. The van der Waals surface area contributed by atoms with E-state index in [9.17, 15) is 4.79 Å². The number of rotatable bonds is 6. The molecule has 1 aromatic heterocycles. The van der Waals surface area contributed by atoms with Crippen molar-refractivity contribution in [1.82, 2.24) is 20.6 Å². The fourth-order valence-corrected chi connectivity index (χ4v) is 4.96. The van der Waals surface area contributed by atoms with E-state index in [1.54, 1.807) is 6.33 Å². The molecular formula is C24H30N6O2. The Bertz CT molecular complexity index is 1050. The maximum Gasteiger partial charge on any atom is 0.266 e. The first kappa shape index (κ1) is 21.0. The van der Waals surface area contributed by atoms with Crippen LogP contribution in [0.5, 0.6) is 0 Å². The van der Waals surface area contributed by atoms with Crippen LogP contribution in [0.4, 0.5) is 17.2 Å². The Balaban J connectivity index is 1.44. The fourth-order valence-electron chi connectivity index (χ4n) is 4.96. The summed E-state index contributed by atoms with van der Waals surface area (Å²) in [6, 6.07) is 8.66. The molecule has 0 radical (unpaired) electrons. The van der Waals surface area contributed by atoms with Gasteiger partial charge in [0, 0.05) is 43.3 Å². The molecule has 168 valence electrons. The van der Waals surface area contributed by atoms with Crippen molar-refractivity contribution in [1.29, 1.82) is 0 Å². The monoisotopic (exact) mass is 434 g/mol. The highest BCUT2D eigenvalue weighted by molar-refractivity contribution is 6.41. The van der Waals surface area contributed by atoms with Gasteiger partial charge in [0.1, 0.15) is 17.7 Å². The molecule has 1 fully saturated rings. The Kier molecular flexibility index (Phi) is 5.65. The molecule has 1 atom stereocenters. The van der Waals surface area contributed by atoms with Crippen LogP contribution in [0.1, 0.15) is 37.4 Å². The summed E-state index contributed by atoms with van der Waals surface area (Å²) >= 11 is 0. The maximum absolute atomic E-state index is 12.9. The number of fused-ring (bicyclic) bond motifs is 2. The minimum absolute atomic E-state index is 0.00299. The van der Waals surface area contributed by atoms with Gasteiger partial charge in [-0.2, -0.15) is 0 Å². The summed E-state index contributed by atoms with van der Waals surface area (Å²) in [6.45, 7) is 5.44. The molecule has 1 aromatic carbocycles. The summed E-state index contributed by atoms with van der Waals surface area (Å²) < 4.78 is 5.39. The fraction of sp³-hybridized carbons (Fsp3) is 0.500. The van der Waals surface area contributed by atoms with Crippen LogP contribution in [0, 0.1) is 0 Å². The number of anilines is 2. The van der Waals surface area contributed by atoms with E-state index in [0.717, 1.165) is 55.2 Å². The average molecular weight is 435 g/mol. The SMILES string of the molecule is CNCCC1(C)CN(c2ncnc3c2N=C(C(=O)NC2CCOCC2)C3)c2ccccc21. The third-order valence-corrected chi connectivity index (χ3v) is 6.81. The van der Waals surface area contributed by atoms with E-state index in [1.807, 2.05) is 7.05 Å². The number of carbonyl (C=O) groups is 1. The number of hydrogen-bond acceptors (Lipinski definition) is 7. The number of nitrogens with zero attached hydrogens (tertiary/aromatic N) is 4. The molecular weight excluding hydrogens is 404 g/mol. The van der Waals surface area contributed by atoms with E-state index in [-0.39, 0.29) is 17.4 Å². The van der Waals surface area contributed by atoms with Crippen LogP contribution in [0.2, 0.25) is 0 Å². The second kappa shape index (κ2) is 8.60. The van der Waals surface area contributed by atoms with Gasteiger partial charge in [0.05, 0.1) is 5.69 Å². The molecule has 0 bridgehead atoms. The lowest BCUT2D eigenvalue weighted by molar-refractivity contribution is -0.116. The normalized spacial score (nSPS) is 22.4. The van der Waals surface area contributed by atoms with Gasteiger partial charge in [-0.05, 0) is 44.5 Å². The van der Waals surface area contributed by atoms with Crippen LogP contribution in [0.25, 0.3) is 0 Å². The Hall–Kier alpha value is -2.84. The van der Waals surface area contributed by atoms with E-state index in [2.05, 4.69) is 56.7 Å². The Morgan fingerprint density at radius 2 is 2.06 bits per heavy atom. The average Bonchev–Trinajstić information content (AvgIpc) is 3.39. The van der Waals surface area contributed by atoms with Gasteiger partial charge in [-0.1, -0.05) is 25.1 Å². The zero-order valence-corrected chi connectivity index (χ0v) is 18.7. The Morgan fingerprint density at radius 1 is 1.25 bits per heavy atom. The highest BCUT2D eigenvalue weighted by atomic mass is 16.5. The van der Waals surface area contributed by atoms with Crippen LogP contribution in [-0.2, 0) is 21.4 Å². The molecule has 32 heavy (non-hydrogen) atoms. The molecule has 3 aliphatic rings. The van der Waals surface area contributed by atoms with Gasteiger partial charge < -0.3 is 20.3 Å². The summed E-state index contributed by atoms with van der Waals surface area (Å²) in [7, 11) is 1.99. The van der Waals surface area contributed by atoms with E-state index >= 15 is 0 Å². The summed E-state index contributed by atoms with van der Waals surface area (Å²) in [5.41, 5.74) is 4.53. The topological polar surface area (TPSA) is 91.7 Å². The molecule has 3 aliphatic heterocycles. The number of benzene rings is 1. The minimum Gasteiger partial charge on any atom is -0.381 e. The van der Waals surface area contributed by atoms with Crippen molar-refractivity contribution in [3.63, 3.8) is 0 Å². The molecule has 2 aromatic rings. The molecule has 2 N–H and O–H groups in total. The molecule has 5 rings (SSSR count). The highest BCUT2D eigenvalue weighted by Crippen LogP contribution is 2.48. The number of aliphatic imine (C=N–C) groups is 1. The lowest BCUT2D eigenvalue weighted by atomic mass is 9.81. The molecule has 1 amide bonds. The predicted octanol–water partition coefficient (Wildman–Crippen LogP) is 2.42.